The standard InChI is InChI=1S/C14H16Cl2N4O.ClH/c15-11-4-1-9(5-12(11)16)7-20(10-2-3-10)8-13-18-14(6-17)21-19-13;/h1,4-5,10H,2-3,6-8,17H2;1H. The molecule has 8 heteroatoms. The summed E-state index contributed by atoms with van der Waals surface area (Å²) in [6, 6.07) is 6.29. The zero-order valence-corrected chi connectivity index (χ0v) is 14.2. The molecule has 0 atom stereocenters. The topological polar surface area (TPSA) is 68.2 Å². The van der Waals surface area contributed by atoms with Gasteiger partial charge in [0.05, 0.1) is 23.1 Å². The summed E-state index contributed by atoms with van der Waals surface area (Å²) in [6.45, 7) is 1.70. The summed E-state index contributed by atoms with van der Waals surface area (Å²) >= 11 is 12.0. The van der Waals surface area contributed by atoms with E-state index in [-0.39, 0.29) is 19.0 Å². The quantitative estimate of drug-likeness (QED) is 0.851. The van der Waals surface area contributed by atoms with Gasteiger partial charge < -0.3 is 10.3 Å². The molecule has 1 aliphatic carbocycles. The van der Waals surface area contributed by atoms with E-state index in [0.29, 0.717) is 34.3 Å². The summed E-state index contributed by atoms with van der Waals surface area (Å²) in [6.07, 6.45) is 2.39. The number of nitrogens with zero attached hydrogens (tertiary/aromatic N) is 3. The SMILES string of the molecule is Cl.NCc1nc(CN(Cc2ccc(Cl)c(Cl)c2)C2CC2)no1. The van der Waals surface area contributed by atoms with Gasteiger partial charge in [-0.15, -0.1) is 12.4 Å². The molecule has 2 N–H and O–H groups in total. The van der Waals surface area contributed by atoms with Crippen LogP contribution in [0.25, 0.3) is 0 Å². The molecule has 1 aromatic carbocycles. The Kier molecular flexibility index (Phi) is 6.06. The normalized spacial score (nSPS) is 14.2. The van der Waals surface area contributed by atoms with Crippen molar-refractivity contribution in [3.05, 3.63) is 45.5 Å². The Morgan fingerprint density at radius 3 is 2.59 bits per heavy atom. The first-order chi connectivity index (χ1) is 10.2. The number of hydrogen-bond acceptors (Lipinski definition) is 5. The van der Waals surface area contributed by atoms with Gasteiger partial charge in [-0.05, 0) is 30.5 Å². The fraction of sp³-hybridized carbons (Fsp3) is 0.429. The Bertz CT molecular complexity index is 630. The third-order valence-electron chi connectivity index (χ3n) is 3.46. The van der Waals surface area contributed by atoms with Crippen LogP contribution in [0.3, 0.4) is 0 Å². The van der Waals surface area contributed by atoms with Crippen molar-refractivity contribution in [2.75, 3.05) is 0 Å². The molecule has 5 nitrogen and oxygen atoms in total. The van der Waals surface area contributed by atoms with Crippen LogP contribution in [0.4, 0.5) is 0 Å². The van der Waals surface area contributed by atoms with Crippen LogP contribution in [-0.4, -0.2) is 21.1 Å². The monoisotopic (exact) mass is 362 g/mol. The molecule has 3 rings (SSSR count). The van der Waals surface area contributed by atoms with Gasteiger partial charge in [0.25, 0.3) is 0 Å². The first kappa shape index (κ1) is 17.5. The highest BCUT2D eigenvalue weighted by molar-refractivity contribution is 6.42. The molecule has 1 aromatic heterocycles. The maximum atomic E-state index is 6.07. The maximum Gasteiger partial charge on any atom is 0.240 e. The second-order valence-corrected chi connectivity index (χ2v) is 6.01. The number of hydrogen-bond donors (Lipinski definition) is 1. The number of aromatic nitrogens is 2. The first-order valence-corrected chi connectivity index (χ1v) is 7.61. The van der Waals surface area contributed by atoms with Crippen LogP contribution in [0.1, 0.15) is 30.1 Å². The van der Waals surface area contributed by atoms with Crippen molar-refractivity contribution in [1.82, 2.24) is 15.0 Å². The highest BCUT2D eigenvalue weighted by Crippen LogP contribution is 2.30. The van der Waals surface area contributed by atoms with Crippen LogP contribution in [0, 0.1) is 0 Å². The molecular weight excluding hydrogens is 347 g/mol. The third kappa shape index (κ3) is 4.33. The molecule has 1 heterocycles. The van der Waals surface area contributed by atoms with Crippen LogP contribution in [0.15, 0.2) is 22.7 Å². The van der Waals surface area contributed by atoms with Crippen LogP contribution >= 0.6 is 35.6 Å². The third-order valence-corrected chi connectivity index (χ3v) is 4.20. The molecule has 0 spiro atoms. The smallest absolute Gasteiger partial charge is 0.240 e. The van der Waals surface area contributed by atoms with Gasteiger partial charge in [-0.25, -0.2) is 0 Å². The predicted molar refractivity (Wildman–Crippen MR) is 88.2 cm³/mol. The van der Waals surface area contributed by atoms with Crippen molar-refractivity contribution in [3.63, 3.8) is 0 Å². The fourth-order valence-corrected chi connectivity index (χ4v) is 2.57. The molecule has 120 valence electrons. The van der Waals surface area contributed by atoms with Gasteiger partial charge in [0, 0.05) is 12.6 Å². The Morgan fingerprint density at radius 1 is 1.23 bits per heavy atom. The number of nitrogens with two attached hydrogens (primary N) is 1. The van der Waals surface area contributed by atoms with Crippen molar-refractivity contribution >= 4 is 35.6 Å². The van der Waals surface area contributed by atoms with Gasteiger partial charge in [-0.1, -0.05) is 34.4 Å². The minimum absolute atomic E-state index is 0. The van der Waals surface area contributed by atoms with Crippen LogP contribution < -0.4 is 5.73 Å². The van der Waals surface area contributed by atoms with Gasteiger partial charge in [-0.2, -0.15) is 4.98 Å². The molecule has 1 fully saturated rings. The number of halogens is 3. The molecule has 0 amide bonds. The Labute approximate surface area is 145 Å². The second-order valence-electron chi connectivity index (χ2n) is 5.19. The molecular formula is C14H17Cl3N4O. The molecule has 0 unspecified atom stereocenters. The van der Waals surface area contributed by atoms with E-state index >= 15 is 0 Å². The van der Waals surface area contributed by atoms with Crippen molar-refractivity contribution in [3.8, 4) is 0 Å². The largest absolute Gasteiger partial charge is 0.338 e. The lowest BCUT2D eigenvalue weighted by Gasteiger charge is -2.20. The van der Waals surface area contributed by atoms with E-state index < -0.39 is 0 Å². The molecule has 0 aliphatic heterocycles. The highest BCUT2D eigenvalue weighted by atomic mass is 35.5. The van der Waals surface area contributed by atoms with E-state index in [1.807, 2.05) is 18.2 Å². The first-order valence-electron chi connectivity index (χ1n) is 6.85. The van der Waals surface area contributed by atoms with E-state index in [9.17, 15) is 0 Å². The summed E-state index contributed by atoms with van der Waals surface area (Å²) in [4.78, 5) is 6.58. The number of benzene rings is 1. The maximum absolute atomic E-state index is 6.07. The minimum atomic E-state index is 0. The van der Waals surface area contributed by atoms with Crippen molar-refractivity contribution in [2.24, 2.45) is 5.73 Å². The average molecular weight is 364 g/mol. The lowest BCUT2D eigenvalue weighted by atomic mass is 10.2. The van der Waals surface area contributed by atoms with E-state index in [1.54, 1.807) is 0 Å². The van der Waals surface area contributed by atoms with Gasteiger partial charge in [0.1, 0.15) is 0 Å². The summed E-state index contributed by atoms with van der Waals surface area (Å²) in [7, 11) is 0. The summed E-state index contributed by atoms with van der Waals surface area (Å²) in [5.41, 5.74) is 6.61. The van der Waals surface area contributed by atoms with E-state index in [0.717, 1.165) is 12.1 Å². The van der Waals surface area contributed by atoms with Gasteiger partial charge in [-0.3, -0.25) is 4.90 Å². The summed E-state index contributed by atoms with van der Waals surface area (Å²) in [5, 5.41) is 5.11. The van der Waals surface area contributed by atoms with Gasteiger partial charge in [0.2, 0.25) is 5.89 Å². The van der Waals surface area contributed by atoms with Crippen LogP contribution in [0.2, 0.25) is 10.0 Å². The molecule has 22 heavy (non-hydrogen) atoms. The molecule has 0 radical (unpaired) electrons. The van der Waals surface area contributed by atoms with Crippen LogP contribution in [-0.2, 0) is 19.6 Å². The number of rotatable bonds is 6. The minimum Gasteiger partial charge on any atom is -0.338 e. The average Bonchev–Trinajstić information content (AvgIpc) is 3.22. The Morgan fingerprint density at radius 2 is 2.00 bits per heavy atom. The molecule has 0 bridgehead atoms. The zero-order chi connectivity index (χ0) is 14.8. The van der Waals surface area contributed by atoms with Crippen molar-refractivity contribution < 1.29 is 4.52 Å². The predicted octanol–water partition coefficient (Wildman–Crippen LogP) is 3.42. The molecule has 1 aliphatic rings. The summed E-state index contributed by atoms with van der Waals surface area (Å²) in [5.74, 6) is 1.14. The zero-order valence-electron chi connectivity index (χ0n) is 11.8. The molecule has 2 aromatic rings. The highest BCUT2D eigenvalue weighted by Gasteiger charge is 2.30. The van der Waals surface area contributed by atoms with E-state index in [2.05, 4.69) is 15.0 Å². The van der Waals surface area contributed by atoms with E-state index in [1.165, 1.54) is 12.8 Å². The van der Waals surface area contributed by atoms with Crippen molar-refractivity contribution in [2.45, 2.75) is 38.5 Å². The Hall–Kier alpha value is -0.850. The lowest BCUT2D eigenvalue weighted by molar-refractivity contribution is 0.235. The van der Waals surface area contributed by atoms with E-state index in [4.69, 9.17) is 33.5 Å². The Balaban J connectivity index is 0.00000176. The fourth-order valence-electron chi connectivity index (χ4n) is 2.25. The van der Waals surface area contributed by atoms with Gasteiger partial charge in [0.15, 0.2) is 5.82 Å². The molecule has 1 saturated carbocycles. The molecule has 0 saturated heterocycles. The second kappa shape index (κ2) is 7.62. The van der Waals surface area contributed by atoms with Gasteiger partial charge >= 0.3 is 0 Å². The van der Waals surface area contributed by atoms with Crippen LogP contribution in [0.5, 0.6) is 0 Å². The lowest BCUT2D eigenvalue weighted by Crippen LogP contribution is -2.25. The van der Waals surface area contributed by atoms with Crippen molar-refractivity contribution in [1.29, 1.82) is 0 Å². The summed E-state index contributed by atoms with van der Waals surface area (Å²) < 4.78 is 5.05.